The van der Waals surface area contributed by atoms with E-state index in [1.54, 1.807) is 13.2 Å². The van der Waals surface area contributed by atoms with Gasteiger partial charge < -0.3 is 5.32 Å². The highest BCUT2D eigenvalue weighted by atomic mass is 32.2. The van der Waals surface area contributed by atoms with Crippen LogP contribution in [0.2, 0.25) is 0 Å². The van der Waals surface area contributed by atoms with Crippen LogP contribution in [-0.2, 0) is 0 Å². The van der Waals surface area contributed by atoms with Crippen LogP contribution in [-0.4, -0.2) is 29.1 Å². The molecule has 13 heavy (non-hydrogen) atoms. The molecule has 1 rings (SSSR count). The largest absolute Gasteiger partial charge is 0.371 e. The Bertz CT molecular complexity index is 327. The van der Waals surface area contributed by atoms with Crippen LogP contribution in [0.15, 0.2) is 11.2 Å². The molecular weight excluding hydrogens is 186 g/mol. The summed E-state index contributed by atoms with van der Waals surface area (Å²) in [7, 11) is 1.72. The van der Waals surface area contributed by atoms with Crippen molar-refractivity contribution in [2.24, 2.45) is 0 Å². The summed E-state index contributed by atoms with van der Waals surface area (Å²) in [4.78, 5) is 19.3. The zero-order chi connectivity index (χ0) is 9.84. The fourth-order valence-corrected chi connectivity index (χ4v) is 1.24. The van der Waals surface area contributed by atoms with Gasteiger partial charge in [-0.1, -0.05) is 0 Å². The van der Waals surface area contributed by atoms with E-state index in [1.165, 1.54) is 18.7 Å². The number of hydrogen-bond donors (Lipinski definition) is 1. The smallest absolute Gasteiger partial charge is 0.181 e. The molecule has 0 saturated heterocycles. The monoisotopic (exact) mass is 197 g/mol. The molecule has 0 spiro atoms. The zero-order valence-electron chi connectivity index (χ0n) is 7.79. The second kappa shape index (κ2) is 4.23. The number of hydrogen-bond acceptors (Lipinski definition) is 5. The van der Waals surface area contributed by atoms with Crippen molar-refractivity contribution in [3.63, 3.8) is 0 Å². The molecule has 0 aliphatic rings. The Labute approximate surface area is 81.2 Å². The van der Waals surface area contributed by atoms with Crippen LogP contribution in [0.5, 0.6) is 0 Å². The third-order valence-electron chi connectivity index (χ3n) is 1.53. The molecule has 0 atom stereocenters. The standard InChI is InChI=1S/C8H11N3OS/c1-5(12)7-8(9-2)11-6(13-3)4-10-7/h4H,1-3H3,(H,9,11). The lowest BCUT2D eigenvalue weighted by Gasteiger charge is -2.04. The van der Waals surface area contributed by atoms with Crippen molar-refractivity contribution in [1.82, 2.24) is 9.97 Å². The topological polar surface area (TPSA) is 54.9 Å². The molecule has 0 saturated carbocycles. The first-order valence-electron chi connectivity index (χ1n) is 3.78. The molecule has 0 aromatic carbocycles. The maximum absolute atomic E-state index is 11.1. The lowest BCUT2D eigenvalue weighted by molar-refractivity contribution is 0.101. The number of ketones is 1. The molecule has 0 aliphatic carbocycles. The highest BCUT2D eigenvalue weighted by Gasteiger charge is 2.09. The molecule has 4 nitrogen and oxygen atoms in total. The fourth-order valence-electron chi connectivity index (χ4n) is 0.903. The summed E-state index contributed by atoms with van der Waals surface area (Å²) in [6.07, 6.45) is 3.51. The Balaban J connectivity index is 3.15. The summed E-state index contributed by atoms with van der Waals surface area (Å²) in [6.45, 7) is 1.48. The summed E-state index contributed by atoms with van der Waals surface area (Å²) >= 11 is 1.49. The van der Waals surface area contributed by atoms with Gasteiger partial charge in [0.2, 0.25) is 0 Å². The number of carbonyl (C=O) groups excluding carboxylic acids is 1. The SMILES string of the molecule is CNc1nc(SC)cnc1C(C)=O. The average molecular weight is 197 g/mol. The van der Waals surface area contributed by atoms with Crippen molar-refractivity contribution in [2.45, 2.75) is 11.9 Å². The highest BCUT2D eigenvalue weighted by Crippen LogP contribution is 2.16. The Morgan fingerprint density at radius 2 is 2.31 bits per heavy atom. The quantitative estimate of drug-likeness (QED) is 0.587. The minimum atomic E-state index is -0.0792. The summed E-state index contributed by atoms with van der Waals surface area (Å²) in [5.41, 5.74) is 0.389. The van der Waals surface area contributed by atoms with E-state index in [1.807, 2.05) is 6.26 Å². The lowest BCUT2D eigenvalue weighted by atomic mass is 10.3. The maximum atomic E-state index is 11.1. The number of rotatable bonds is 3. The number of thioether (sulfide) groups is 1. The maximum Gasteiger partial charge on any atom is 0.181 e. The zero-order valence-corrected chi connectivity index (χ0v) is 8.60. The van der Waals surface area contributed by atoms with E-state index < -0.39 is 0 Å². The molecule has 0 radical (unpaired) electrons. The number of carbonyl (C=O) groups is 1. The van der Waals surface area contributed by atoms with Crippen molar-refractivity contribution in [3.8, 4) is 0 Å². The lowest BCUT2D eigenvalue weighted by Crippen LogP contribution is -2.06. The van der Waals surface area contributed by atoms with Crippen molar-refractivity contribution in [3.05, 3.63) is 11.9 Å². The van der Waals surface area contributed by atoms with E-state index in [0.29, 0.717) is 11.5 Å². The van der Waals surface area contributed by atoms with Crippen LogP contribution >= 0.6 is 11.8 Å². The normalized spacial score (nSPS) is 9.77. The molecule has 5 heteroatoms. The second-order valence-electron chi connectivity index (χ2n) is 2.42. The molecule has 0 amide bonds. The van der Waals surface area contributed by atoms with Gasteiger partial charge in [-0.2, -0.15) is 0 Å². The Morgan fingerprint density at radius 1 is 1.62 bits per heavy atom. The van der Waals surface area contributed by atoms with E-state index in [-0.39, 0.29) is 5.78 Å². The molecule has 70 valence electrons. The fraction of sp³-hybridized carbons (Fsp3) is 0.375. The Morgan fingerprint density at radius 3 is 2.77 bits per heavy atom. The minimum absolute atomic E-state index is 0.0792. The van der Waals surface area contributed by atoms with Gasteiger partial charge in [-0.25, -0.2) is 9.97 Å². The van der Waals surface area contributed by atoms with Crippen LogP contribution in [0, 0.1) is 0 Å². The van der Waals surface area contributed by atoms with Crippen LogP contribution in [0.1, 0.15) is 17.4 Å². The van der Waals surface area contributed by atoms with Gasteiger partial charge in [0, 0.05) is 14.0 Å². The van der Waals surface area contributed by atoms with E-state index in [2.05, 4.69) is 15.3 Å². The first-order valence-corrected chi connectivity index (χ1v) is 5.01. The van der Waals surface area contributed by atoms with Crippen molar-refractivity contribution in [2.75, 3.05) is 18.6 Å². The second-order valence-corrected chi connectivity index (χ2v) is 3.24. The van der Waals surface area contributed by atoms with E-state index >= 15 is 0 Å². The van der Waals surface area contributed by atoms with Crippen LogP contribution < -0.4 is 5.32 Å². The van der Waals surface area contributed by atoms with Gasteiger partial charge in [0.25, 0.3) is 0 Å². The summed E-state index contributed by atoms with van der Waals surface area (Å²) in [6, 6.07) is 0. The third-order valence-corrected chi connectivity index (χ3v) is 2.14. The number of nitrogens with zero attached hydrogens (tertiary/aromatic N) is 2. The van der Waals surface area contributed by atoms with E-state index in [0.717, 1.165) is 5.03 Å². The molecule has 0 unspecified atom stereocenters. The van der Waals surface area contributed by atoms with E-state index in [4.69, 9.17) is 0 Å². The summed E-state index contributed by atoms with van der Waals surface area (Å²) in [5, 5.41) is 3.64. The third kappa shape index (κ3) is 2.18. The van der Waals surface area contributed by atoms with Gasteiger partial charge in [-0.3, -0.25) is 4.79 Å². The molecule has 0 fully saturated rings. The van der Waals surface area contributed by atoms with Gasteiger partial charge >= 0.3 is 0 Å². The molecule has 1 heterocycles. The minimum Gasteiger partial charge on any atom is -0.371 e. The highest BCUT2D eigenvalue weighted by molar-refractivity contribution is 7.98. The molecule has 1 N–H and O–H groups in total. The predicted octanol–water partition coefficient (Wildman–Crippen LogP) is 1.44. The van der Waals surface area contributed by atoms with Gasteiger partial charge in [-0.15, -0.1) is 11.8 Å². The number of anilines is 1. The molecule has 0 aliphatic heterocycles. The van der Waals surface area contributed by atoms with Gasteiger partial charge in [0.1, 0.15) is 10.7 Å². The van der Waals surface area contributed by atoms with Gasteiger partial charge in [0.15, 0.2) is 11.6 Å². The molecule has 1 aromatic heterocycles. The molecular formula is C8H11N3OS. The van der Waals surface area contributed by atoms with Crippen LogP contribution in [0.4, 0.5) is 5.82 Å². The van der Waals surface area contributed by atoms with Crippen LogP contribution in [0.3, 0.4) is 0 Å². The van der Waals surface area contributed by atoms with Crippen LogP contribution in [0.25, 0.3) is 0 Å². The Hall–Kier alpha value is -1.10. The average Bonchev–Trinajstić information content (AvgIpc) is 2.16. The Kier molecular flexibility index (Phi) is 3.25. The molecule has 0 bridgehead atoms. The van der Waals surface area contributed by atoms with E-state index in [9.17, 15) is 4.79 Å². The summed E-state index contributed by atoms with van der Waals surface area (Å²) < 4.78 is 0. The van der Waals surface area contributed by atoms with Crippen molar-refractivity contribution >= 4 is 23.4 Å². The van der Waals surface area contributed by atoms with Gasteiger partial charge in [0.05, 0.1) is 6.20 Å². The van der Waals surface area contributed by atoms with Gasteiger partial charge in [-0.05, 0) is 6.26 Å². The number of aromatic nitrogens is 2. The molecule has 1 aromatic rings. The number of nitrogens with one attached hydrogen (secondary N) is 1. The van der Waals surface area contributed by atoms with Crippen molar-refractivity contribution in [1.29, 1.82) is 0 Å². The number of Topliss-reactive ketones (excluding diaryl/α,β-unsaturated/α-hetero) is 1. The first kappa shape index (κ1) is 9.98. The summed E-state index contributed by atoms with van der Waals surface area (Å²) in [5.74, 6) is 0.462. The predicted molar refractivity (Wildman–Crippen MR) is 53.4 cm³/mol. The van der Waals surface area contributed by atoms with Crippen molar-refractivity contribution < 1.29 is 4.79 Å². The first-order chi connectivity index (χ1) is 6.19.